The normalized spacial score (nSPS) is 22.8. The summed E-state index contributed by atoms with van der Waals surface area (Å²) in [6, 6.07) is -0.319. The van der Waals surface area contributed by atoms with Crippen molar-refractivity contribution in [2.24, 2.45) is 11.3 Å². The van der Waals surface area contributed by atoms with E-state index >= 15 is 0 Å². The van der Waals surface area contributed by atoms with Crippen LogP contribution in [-0.2, 0) is 4.79 Å². The molecule has 1 unspecified atom stereocenters. The highest BCUT2D eigenvalue weighted by molar-refractivity contribution is 7.13. The highest BCUT2D eigenvalue weighted by atomic mass is 32.1. The summed E-state index contributed by atoms with van der Waals surface area (Å²) in [5, 5.41) is 19.8. The summed E-state index contributed by atoms with van der Waals surface area (Å²) in [6.07, 6.45) is 0.476. The van der Waals surface area contributed by atoms with E-state index in [2.05, 4.69) is 15.5 Å². The first-order valence-electron chi connectivity index (χ1n) is 6.01. The molecule has 7 nitrogen and oxygen atoms in total. The fraction of sp³-hybridized carbons (Fsp3) is 0.636. The van der Waals surface area contributed by atoms with Gasteiger partial charge in [-0.05, 0) is 12.3 Å². The maximum absolute atomic E-state index is 12.0. The van der Waals surface area contributed by atoms with Crippen LogP contribution in [0.5, 0.6) is 0 Å². The maximum Gasteiger partial charge on any atom is 0.323 e. The fourth-order valence-electron chi connectivity index (χ4n) is 2.30. The lowest BCUT2D eigenvalue weighted by Crippen LogP contribution is -2.41. The smallest absolute Gasteiger partial charge is 0.323 e. The first-order chi connectivity index (χ1) is 8.95. The molecule has 0 aliphatic carbocycles. The second-order valence-electron chi connectivity index (χ2n) is 4.96. The number of aliphatic carboxylic acids is 1. The van der Waals surface area contributed by atoms with E-state index in [-0.39, 0.29) is 18.5 Å². The number of nitrogens with one attached hydrogen (secondary N) is 1. The minimum absolute atomic E-state index is 0.0238. The SMILES string of the molecule is CC(C)C1(C(=O)O)CCN(C(=O)Nc2nncs2)C1. The summed E-state index contributed by atoms with van der Waals surface area (Å²) in [4.78, 5) is 25.0. The highest BCUT2D eigenvalue weighted by Crippen LogP contribution is 2.38. The topological polar surface area (TPSA) is 95.4 Å². The van der Waals surface area contributed by atoms with Gasteiger partial charge in [0.15, 0.2) is 0 Å². The van der Waals surface area contributed by atoms with Crippen LogP contribution in [-0.4, -0.2) is 45.3 Å². The molecule has 0 spiro atoms. The van der Waals surface area contributed by atoms with Crippen molar-refractivity contribution < 1.29 is 14.7 Å². The predicted octanol–water partition coefficient (Wildman–Crippen LogP) is 1.50. The number of aromatic nitrogens is 2. The molecule has 2 amide bonds. The number of nitrogens with zero attached hydrogens (tertiary/aromatic N) is 3. The molecule has 1 atom stereocenters. The highest BCUT2D eigenvalue weighted by Gasteiger charge is 2.48. The molecule has 2 heterocycles. The second-order valence-corrected chi connectivity index (χ2v) is 5.79. The number of anilines is 1. The summed E-state index contributed by atoms with van der Waals surface area (Å²) in [5.41, 5.74) is 0.674. The summed E-state index contributed by atoms with van der Waals surface area (Å²) >= 11 is 1.23. The Hall–Kier alpha value is -1.70. The van der Waals surface area contributed by atoms with Crippen LogP contribution in [0.3, 0.4) is 0 Å². The van der Waals surface area contributed by atoms with Gasteiger partial charge in [-0.15, -0.1) is 10.2 Å². The van der Waals surface area contributed by atoms with Crippen LogP contribution in [0.25, 0.3) is 0 Å². The molecule has 19 heavy (non-hydrogen) atoms. The lowest BCUT2D eigenvalue weighted by atomic mass is 9.76. The molecular weight excluding hydrogens is 268 g/mol. The van der Waals surface area contributed by atoms with E-state index in [4.69, 9.17) is 0 Å². The van der Waals surface area contributed by atoms with Gasteiger partial charge in [0.05, 0.1) is 5.41 Å². The van der Waals surface area contributed by atoms with Gasteiger partial charge in [0.25, 0.3) is 0 Å². The van der Waals surface area contributed by atoms with E-state index in [1.165, 1.54) is 21.7 Å². The molecule has 2 rings (SSSR count). The van der Waals surface area contributed by atoms with Gasteiger partial charge < -0.3 is 10.0 Å². The van der Waals surface area contributed by atoms with Crippen LogP contribution in [0.1, 0.15) is 20.3 Å². The predicted molar refractivity (Wildman–Crippen MR) is 70.0 cm³/mol. The molecule has 0 bridgehead atoms. The number of amides is 2. The largest absolute Gasteiger partial charge is 0.481 e. The maximum atomic E-state index is 12.0. The summed E-state index contributed by atoms with van der Waals surface area (Å²) in [5.74, 6) is -0.863. The van der Waals surface area contributed by atoms with Crippen molar-refractivity contribution in [1.29, 1.82) is 0 Å². The Morgan fingerprint density at radius 3 is 2.79 bits per heavy atom. The molecule has 2 N–H and O–H groups in total. The van der Waals surface area contributed by atoms with Gasteiger partial charge in [0.2, 0.25) is 5.13 Å². The molecule has 1 fully saturated rings. The number of carboxylic acids is 1. The number of urea groups is 1. The van der Waals surface area contributed by atoms with Crippen molar-refractivity contribution in [3.63, 3.8) is 0 Å². The first kappa shape index (κ1) is 13.7. The third kappa shape index (κ3) is 2.53. The Kier molecular flexibility index (Phi) is 3.70. The first-order valence-corrected chi connectivity index (χ1v) is 6.89. The summed E-state index contributed by atoms with van der Waals surface area (Å²) in [7, 11) is 0. The number of carboxylic acid groups (broad SMARTS) is 1. The number of hydrogen-bond acceptors (Lipinski definition) is 5. The van der Waals surface area contributed by atoms with Crippen molar-refractivity contribution in [1.82, 2.24) is 15.1 Å². The van der Waals surface area contributed by atoms with Crippen molar-refractivity contribution in [2.75, 3.05) is 18.4 Å². The zero-order chi connectivity index (χ0) is 14.0. The van der Waals surface area contributed by atoms with Crippen molar-refractivity contribution in [3.8, 4) is 0 Å². The van der Waals surface area contributed by atoms with Gasteiger partial charge in [-0.3, -0.25) is 10.1 Å². The second kappa shape index (κ2) is 5.12. The van der Waals surface area contributed by atoms with Gasteiger partial charge in [0.1, 0.15) is 5.51 Å². The molecular formula is C11H16N4O3S. The number of likely N-dealkylation sites (tertiary alicyclic amines) is 1. The standard InChI is InChI=1S/C11H16N4O3S/c1-7(2)11(8(16)17)3-4-15(5-11)10(18)13-9-14-12-6-19-9/h6-7H,3-5H2,1-2H3,(H,16,17)(H,13,14,18). The number of carbonyl (C=O) groups excluding carboxylic acids is 1. The number of rotatable bonds is 3. The molecule has 8 heteroatoms. The van der Waals surface area contributed by atoms with Gasteiger partial charge in [-0.1, -0.05) is 25.2 Å². The molecule has 1 aliphatic heterocycles. The van der Waals surface area contributed by atoms with Gasteiger partial charge >= 0.3 is 12.0 Å². The van der Waals surface area contributed by atoms with E-state index in [9.17, 15) is 14.7 Å². The van der Waals surface area contributed by atoms with E-state index in [0.717, 1.165) is 0 Å². The van der Waals surface area contributed by atoms with Crippen molar-refractivity contribution >= 4 is 28.5 Å². The minimum Gasteiger partial charge on any atom is -0.481 e. The summed E-state index contributed by atoms with van der Waals surface area (Å²) in [6.45, 7) is 4.42. The number of hydrogen-bond donors (Lipinski definition) is 2. The zero-order valence-electron chi connectivity index (χ0n) is 10.8. The van der Waals surface area contributed by atoms with E-state index < -0.39 is 11.4 Å². The quantitative estimate of drug-likeness (QED) is 0.877. The molecule has 1 aromatic heterocycles. The average molecular weight is 284 g/mol. The van der Waals surface area contributed by atoms with Crippen molar-refractivity contribution in [3.05, 3.63) is 5.51 Å². The van der Waals surface area contributed by atoms with E-state index in [0.29, 0.717) is 18.1 Å². The van der Waals surface area contributed by atoms with Crippen LogP contribution in [0, 0.1) is 11.3 Å². The van der Waals surface area contributed by atoms with Crippen LogP contribution in [0.15, 0.2) is 5.51 Å². The minimum atomic E-state index is -0.849. The lowest BCUT2D eigenvalue weighted by molar-refractivity contribution is -0.150. The van der Waals surface area contributed by atoms with E-state index in [1.807, 2.05) is 13.8 Å². The Labute approximate surface area is 114 Å². The lowest BCUT2D eigenvalue weighted by Gasteiger charge is -2.28. The Morgan fingerprint density at radius 1 is 1.58 bits per heavy atom. The van der Waals surface area contributed by atoms with Crippen LogP contribution in [0.2, 0.25) is 0 Å². The monoisotopic (exact) mass is 284 g/mol. The Morgan fingerprint density at radius 2 is 2.32 bits per heavy atom. The average Bonchev–Trinajstić information content (AvgIpc) is 2.97. The van der Waals surface area contributed by atoms with Gasteiger partial charge in [0, 0.05) is 13.1 Å². The molecule has 0 aromatic carbocycles. The third-order valence-corrected chi connectivity index (χ3v) is 4.30. The van der Waals surface area contributed by atoms with Gasteiger partial charge in [-0.25, -0.2) is 4.79 Å². The van der Waals surface area contributed by atoms with Gasteiger partial charge in [-0.2, -0.15) is 0 Å². The zero-order valence-corrected chi connectivity index (χ0v) is 11.6. The van der Waals surface area contributed by atoms with E-state index in [1.54, 1.807) is 0 Å². The number of carbonyl (C=O) groups is 2. The Balaban J connectivity index is 2.05. The molecule has 0 radical (unpaired) electrons. The summed E-state index contributed by atoms with van der Waals surface area (Å²) < 4.78 is 0. The van der Waals surface area contributed by atoms with Crippen molar-refractivity contribution in [2.45, 2.75) is 20.3 Å². The third-order valence-electron chi connectivity index (χ3n) is 3.69. The van der Waals surface area contributed by atoms with Crippen LogP contribution < -0.4 is 5.32 Å². The molecule has 104 valence electrons. The molecule has 1 aromatic rings. The van der Waals surface area contributed by atoms with Crippen LogP contribution >= 0.6 is 11.3 Å². The van der Waals surface area contributed by atoms with Crippen LogP contribution in [0.4, 0.5) is 9.93 Å². The Bertz CT molecular complexity index is 476. The molecule has 1 aliphatic rings. The fourth-order valence-corrected chi connectivity index (χ4v) is 2.73. The molecule has 0 saturated carbocycles. The molecule has 1 saturated heterocycles.